The first-order valence-electron chi connectivity index (χ1n) is 5.74. The fourth-order valence-electron chi connectivity index (χ4n) is 2.31. The smallest absolute Gasteiger partial charge is 0.425 e. The first-order chi connectivity index (χ1) is 8.08. The molecule has 0 radical (unpaired) electrons. The minimum atomic E-state index is -0.420. The van der Waals surface area contributed by atoms with Crippen LogP contribution in [0.3, 0.4) is 0 Å². The number of rotatable bonds is 1. The predicted molar refractivity (Wildman–Crippen MR) is 60.5 cm³/mol. The lowest BCUT2D eigenvalue weighted by atomic mass is 10.2. The average molecular weight is 367 g/mol. The molecule has 102 valence electrons. The van der Waals surface area contributed by atoms with Crippen LogP contribution >= 0.6 is 0 Å². The molecule has 0 aromatic heterocycles. The lowest BCUT2D eigenvalue weighted by Gasteiger charge is -2.30. The second-order valence-electron chi connectivity index (χ2n) is 4.60. The Hall–Kier alpha value is -0.830. The van der Waals surface area contributed by atoms with E-state index in [1.807, 2.05) is 7.05 Å². The summed E-state index contributed by atoms with van der Waals surface area (Å²) < 4.78 is 4.90. The van der Waals surface area contributed by atoms with Crippen LogP contribution in [-0.2, 0) is 9.53 Å². The molecule has 0 spiro atoms. The molecule has 2 unspecified atom stereocenters. The van der Waals surface area contributed by atoms with Crippen LogP contribution in [0.4, 0.5) is 4.79 Å². The number of halogens is 1. The summed E-state index contributed by atoms with van der Waals surface area (Å²) in [5, 5.41) is 3.00. The standard InChI is InChI=1S/C11H18N3O3.HI/c1-14(7-5-12-8-14)11(16)13-6-3-4-9(13)10(15)17-2;/h5,7,9,12H,3-4,6,8H2,1-2H3;1H/q+1;/p-1. The topological polar surface area (TPSA) is 58.6 Å². The summed E-state index contributed by atoms with van der Waals surface area (Å²) in [5.74, 6) is -0.321. The minimum Gasteiger partial charge on any atom is -1.00 e. The number of quaternary nitrogens is 1. The number of urea groups is 1. The molecule has 6 nitrogen and oxygen atoms in total. The zero-order valence-electron chi connectivity index (χ0n) is 10.6. The molecule has 1 saturated heterocycles. The van der Waals surface area contributed by atoms with Gasteiger partial charge in [0.05, 0.1) is 20.4 Å². The van der Waals surface area contributed by atoms with Crippen LogP contribution in [0.25, 0.3) is 0 Å². The third kappa shape index (κ3) is 2.61. The monoisotopic (exact) mass is 367 g/mol. The number of nitrogens with zero attached hydrogens (tertiary/aromatic N) is 2. The Labute approximate surface area is 124 Å². The number of carbonyl (C=O) groups is 2. The maximum absolute atomic E-state index is 12.4. The summed E-state index contributed by atoms with van der Waals surface area (Å²) in [6.07, 6.45) is 5.11. The molecule has 0 saturated carbocycles. The van der Waals surface area contributed by atoms with Crippen LogP contribution in [0.1, 0.15) is 12.8 Å². The molecule has 1 N–H and O–H groups in total. The highest BCUT2D eigenvalue weighted by Crippen LogP contribution is 2.23. The molecule has 2 aliphatic heterocycles. The second kappa shape index (κ2) is 5.87. The number of carbonyl (C=O) groups excluding carboxylic acids is 2. The van der Waals surface area contributed by atoms with E-state index in [1.165, 1.54) is 7.11 Å². The molecule has 2 heterocycles. The van der Waals surface area contributed by atoms with Gasteiger partial charge in [0.1, 0.15) is 12.2 Å². The van der Waals surface area contributed by atoms with Crippen molar-refractivity contribution in [3.63, 3.8) is 0 Å². The van der Waals surface area contributed by atoms with Gasteiger partial charge < -0.3 is 34.0 Å². The van der Waals surface area contributed by atoms with E-state index in [0.717, 1.165) is 6.42 Å². The molecule has 0 aromatic carbocycles. The van der Waals surface area contributed by atoms with E-state index in [-0.39, 0.29) is 40.5 Å². The summed E-state index contributed by atoms with van der Waals surface area (Å²) in [6.45, 7) is 1.16. The minimum absolute atomic E-state index is 0. The fraction of sp³-hybridized carbons (Fsp3) is 0.636. The van der Waals surface area contributed by atoms with E-state index in [2.05, 4.69) is 5.32 Å². The summed E-state index contributed by atoms with van der Waals surface area (Å²) in [6, 6.07) is -0.476. The quantitative estimate of drug-likeness (QED) is 0.310. The summed E-state index contributed by atoms with van der Waals surface area (Å²) in [7, 11) is 3.18. The Kier molecular flexibility index (Phi) is 4.97. The van der Waals surface area contributed by atoms with E-state index in [9.17, 15) is 9.59 Å². The van der Waals surface area contributed by atoms with E-state index in [1.54, 1.807) is 17.3 Å². The highest BCUT2D eigenvalue weighted by molar-refractivity contribution is 5.82. The number of amides is 2. The Bertz CT molecular complexity index is 375. The fourth-order valence-corrected chi connectivity index (χ4v) is 2.31. The molecular weight excluding hydrogens is 349 g/mol. The molecule has 7 heteroatoms. The maximum atomic E-state index is 12.4. The van der Waals surface area contributed by atoms with Gasteiger partial charge in [-0.1, -0.05) is 0 Å². The molecule has 0 bridgehead atoms. The van der Waals surface area contributed by atoms with Gasteiger partial charge in [-0.05, 0) is 12.8 Å². The Balaban J connectivity index is 0.00000162. The first-order valence-corrected chi connectivity index (χ1v) is 5.74. The maximum Gasteiger partial charge on any atom is 0.425 e. The summed E-state index contributed by atoms with van der Waals surface area (Å²) in [5.41, 5.74) is 0. The van der Waals surface area contributed by atoms with Crippen LogP contribution in [0.15, 0.2) is 12.4 Å². The van der Waals surface area contributed by atoms with Gasteiger partial charge >= 0.3 is 12.0 Å². The Morgan fingerprint density at radius 3 is 2.78 bits per heavy atom. The molecule has 0 aromatic rings. The molecular formula is C11H18IN3O3. The van der Waals surface area contributed by atoms with Crippen LogP contribution in [-0.4, -0.2) is 54.8 Å². The zero-order valence-corrected chi connectivity index (χ0v) is 12.7. The van der Waals surface area contributed by atoms with Gasteiger partial charge in [0.2, 0.25) is 0 Å². The number of ether oxygens (including phenoxy) is 1. The highest BCUT2D eigenvalue weighted by Gasteiger charge is 2.44. The molecule has 18 heavy (non-hydrogen) atoms. The van der Waals surface area contributed by atoms with Gasteiger partial charge in [-0.15, -0.1) is 0 Å². The lowest BCUT2D eigenvalue weighted by Crippen LogP contribution is -3.00. The zero-order chi connectivity index (χ0) is 12.5. The predicted octanol–water partition coefficient (Wildman–Crippen LogP) is -2.77. The van der Waals surface area contributed by atoms with Crippen molar-refractivity contribution >= 4 is 12.0 Å². The van der Waals surface area contributed by atoms with Crippen LogP contribution in [0.2, 0.25) is 0 Å². The average Bonchev–Trinajstić information content (AvgIpc) is 2.96. The van der Waals surface area contributed by atoms with Crippen molar-refractivity contribution in [1.29, 1.82) is 0 Å². The van der Waals surface area contributed by atoms with Gasteiger partial charge in [0.25, 0.3) is 0 Å². The Morgan fingerprint density at radius 1 is 1.50 bits per heavy atom. The van der Waals surface area contributed by atoms with Gasteiger partial charge in [-0.3, -0.25) is 4.90 Å². The van der Waals surface area contributed by atoms with Crippen molar-refractivity contribution in [2.24, 2.45) is 0 Å². The van der Waals surface area contributed by atoms with Crippen molar-refractivity contribution in [2.75, 3.05) is 27.4 Å². The van der Waals surface area contributed by atoms with Crippen molar-refractivity contribution in [3.8, 4) is 0 Å². The van der Waals surface area contributed by atoms with Crippen molar-refractivity contribution < 1.29 is 42.8 Å². The van der Waals surface area contributed by atoms with Gasteiger partial charge in [0.15, 0.2) is 6.67 Å². The van der Waals surface area contributed by atoms with E-state index in [0.29, 0.717) is 19.6 Å². The van der Waals surface area contributed by atoms with Crippen molar-refractivity contribution in [3.05, 3.63) is 12.4 Å². The van der Waals surface area contributed by atoms with E-state index < -0.39 is 6.04 Å². The molecule has 2 amide bonds. The number of hydrogen-bond donors (Lipinski definition) is 1. The summed E-state index contributed by atoms with van der Waals surface area (Å²) >= 11 is 0. The first kappa shape index (κ1) is 15.2. The van der Waals surface area contributed by atoms with Crippen LogP contribution in [0, 0.1) is 0 Å². The largest absolute Gasteiger partial charge is 1.00 e. The highest BCUT2D eigenvalue weighted by atomic mass is 127. The van der Waals surface area contributed by atoms with E-state index >= 15 is 0 Å². The van der Waals surface area contributed by atoms with E-state index in [4.69, 9.17) is 4.74 Å². The molecule has 2 atom stereocenters. The lowest BCUT2D eigenvalue weighted by molar-refractivity contribution is -0.776. The van der Waals surface area contributed by atoms with Gasteiger partial charge in [-0.2, -0.15) is 4.48 Å². The molecule has 0 aliphatic carbocycles. The third-order valence-corrected chi connectivity index (χ3v) is 3.35. The van der Waals surface area contributed by atoms with Crippen LogP contribution in [0.5, 0.6) is 0 Å². The summed E-state index contributed by atoms with van der Waals surface area (Å²) in [4.78, 5) is 25.6. The number of methoxy groups -OCH3 is 1. The van der Waals surface area contributed by atoms with Crippen LogP contribution < -0.4 is 29.3 Å². The molecule has 2 aliphatic rings. The number of esters is 1. The van der Waals surface area contributed by atoms with Gasteiger partial charge in [0, 0.05) is 6.54 Å². The number of likely N-dealkylation sites (tertiary alicyclic amines) is 1. The number of hydrogen-bond acceptors (Lipinski definition) is 4. The molecule has 2 rings (SSSR count). The van der Waals surface area contributed by atoms with Crippen molar-refractivity contribution in [2.45, 2.75) is 18.9 Å². The third-order valence-electron chi connectivity index (χ3n) is 3.35. The SMILES string of the molecule is COC(=O)C1CCCN1C(=O)[N+]1(C)C=CNC1.[I-]. The number of nitrogens with one attached hydrogen (secondary N) is 1. The second-order valence-corrected chi connectivity index (χ2v) is 4.60. The Morgan fingerprint density at radius 2 is 2.22 bits per heavy atom. The molecule has 1 fully saturated rings. The van der Waals surface area contributed by atoms with Gasteiger partial charge in [-0.25, -0.2) is 9.59 Å². The normalized spacial score (nSPS) is 29.7. The van der Waals surface area contributed by atoms with Crippen molar-refractivity contribution in [1.82, 2.24) is 10.2 Å².